The van der Waals surface area contributed by atoms with Gasteiger partial charge < -0.3 is 5.32 Å². The van der Waals surface area contributed by atoms with Gasteiger partial charge in [0.1, 0.15) is 0 Å². The molecular weight excluding hydrogens is 340 g/mol. The molecule has 1 N–H and O–H groups in total. The van der Waals surface area contributed by atoms with Crippen molar-refractivity contribution in [2.24, 2.45) is 0 Å². The van der Waals surface area contributed by atoms with Crippen molar-refractivity contribution in [3.8, 4) is 0 Å². The highest BCUT2D eigenvalue weighted by Gasteiger charge is 2.28. The van der Waals surface area contributed by atoms with Gasteiger partial charge in [-0.25, -0.2) is 8.42 Å². The largest absolute Gasteiger partial charge is 0.326 e. The minimum Gasteiger partial charge on any atom is -0.326 e. The fraction of sp³-hybridized carbons (Fsp3) is 0.556. The lowest BCUT2D eigenvalue weighted by molar-refractivity contribution is -0.116. The van der Waals surface area contributed by atoms with Gasteiger partial charge in [-0.3, -0.25) is 9.59 Å². The van der Waals surface area contributed by atoms with Crippen LogP contribution in [0.25, 0.3) is 0 Å². The molecule has 0 aliphatic heterocycles. The van der Waals surface area contributed by atoms with Crippen LogP contribution in [0, 0.1) is 0 Å². The fourth-order valence-electron chi connectivity index (χ4n) is 3.21. The Bertz CT molecular complexity index is 707. The Hall–Kier alpha value is -1.73. The molecule has 0 radical (unpaired) electrons. The highest BCUT2D eigenvalue weighted by molar-refractivity contribution is 7.88. The third kappa shape index (κ3) is 5.93. The van der Waals surface area contributed by atoms with Crippen molar-refractivity contribution in [1.82, 2.24) is 4.31 Å². The zero-order chi connectivity index (χ0) is 18.4. The second-order valence-electron chi connectivity index (χ2n) is 6.60. The second-order valence-corrected chi connectivity index (χ2v) is 8.53. The molecule has 1 saturated carbocycles. The summed E-state index contributed by atoms with van der Waals surface area (Å²) in [4.78, 5) is 23.4. The number of rotatable bonds is 7. The van der Waals surface area contributed by atoms with E-state index in [1.807, 2.05) is 0 Å². The SMILES string of the molecule is CC(=O)c1ccc(NC(=O)CCN(C2CCCCC2)S(C)(=O)=O)cc1. The van der Waals surface area contributed by atoms with E-state index in [1.165, 1.54) is 17.5 Å². The molecule has 6 nitrogen and oxygen atoms in total. The topological polar surface area (TPSA) is 83.6 Å². The summed E-state index contributed by atoms with van der Waals surface area (Å²) in [5.41, 5.74) is 1.18. The van der Waals surface area contributed by atoms with Crippen LogP contribution in [0.3, 0.4) is 0 Å². The minimum absolute atomic E-state index is 0.00593. The monoisotopic (exact) mass is 366 g/mol. The molecular formula is C18H26N2O4S. The third-order valence-corrected chi connectivity index (χ3v) is 5.88. The Morgan fingerprint density at radius 1 is 1.12 bits per heavy atom. The molecule has 7 heteroatoms. The Balaban J connectivity index is 1.93. The average molecular weight is 366 g/mol. The highest BCUT2D eigenvalue weighted by Crippen LogP contribution is 2.24. The van der Waals surface area contributed by atoms with E-state index < -0.39 is 10.0 Å². The summed E-state index contributed by atoms with van der Waals surface area (Å²) < 4.78 is 25.6. The highest BCUT2D eigenvalue weighted by atomic mass is 32.2. The number of amides is 1. The molecule has 0 heterocycles. The Kier molecular flexibility index (Phi) is 6.72. The van der Waals surface area contributed by atoms with Gasteiger partial charge in [0, 0.05) is 30.3 Å². The molecule has 1 aliphatic rings. The van der Waals surface area contributed by atoms with Gasteiger partial charge in [-0.05, 0) is 44.0 Å². The summed E-state index contributed by atoms with van der Waals surface area (Å²) in [6, 6.07) is 6.66. The maximum absolute atomic E-state index is 12.1. The number of carbonyl (C=O) groups is 2. The normalized spacial score (nSPS) is 16.0. The van der Waals surface area contributed by atoms with Gasteiger partial charge >= 0.3 is 0 Å². The van der Waals surface area contributed by atoms with Crippen molar-refractivity contribution in [2.45, 2.75) is 51.5 Å². The molecule has 1 aliphatic carbocycles. The van der Waals surface area contributed by atoms with Crippen LogP contribution in [0.5, 0.6) is 0 Å². The van der Waals surface area contributed by atoms with Crippen LogP contribution in [0.15, 0.2) is 24.3 Å². The fourth-order valence-corrected chi connectivity index (χ4v) is 4.39. The molecule has 25 heavy (non-hydrogen) atoms. The van der Waals surface area contributed by atoms with Gasteiger partial charge in [0.15, 0.2) is 5.78 Å². The number of hydrogen-bond acceptors (Lipinski definition) is 4. The average Bonchev–Trinajstić information content (AvgIpc) is 2.55. The lowest BCUT2D eigenvalue weighted by atomic mass is 9.95. The predicted molar refractivity (Wildman–Crippen MR) is 98.1 cm³/mol. The second kappa shape index (κ2) is 8.58. The minimum atomic E-state index is -3.33. The molecule has 1 fully saturated rings. The van der Waals surface area contributed by atoms with Gasteiger partial charge in [-0.15, -0.1) is 0 Å². The van der Waals surface area contributed by atoms with Gasteiger partial charge in [0.2, 0.25) is 15.9 Å². The maximum Gasteiger partial charge on any atom is 0.225 e. The summed E-state index contributed by atoms with van der Waals surface area (Å²) in [6.45, 7) is 1.68. The maximum atomic E-state index is 12.1. The van der Waals surface area contributed by atoms with Crippen LogP contribution < -0.4 is 5.32 Å². The van der Waals surface area contributed by atoms with Crippen molar-refractivity contribution in [3.63, 3.8) is 0 Å². The van der Waals surface area contributed by atoms with E-state index in [4.69, 9.17) is 0 Å². The number of ketones is 1. The van der Waals surface area contributed by atoms with E-state index in [2.05, 4.69) is 5.32 Å². The molecule has 2 rings (SSSR count). The van der Waals surface area contributed by atoms with E-state index in [0.29, 0.717) is 11.3 Å². The molecule has 0 saturated heterocycles. The first-order valence-electron chi connectivity index (χ1n) is 8.65. The Morgan fingerprint density at radius 2 is 1.72 bits per heavy atom. The summed E-state index contributed by atoms with van der Waals surface area (Å²) in [5.74, 6) is -0.269. The molecule has 0 unspecified atom stereocenters. The predicted octanol–water partition coefficient (Wildman–Crippen LogP) is 2.81. The molecule has 0 atom stereocenters. The number of nitrogens with one attached hydrogen (secondary N) is 1. The van der Waals surface area contributed by atoms with Crippen LogP contribution in [0.4, 0.5) is 5.69 Å². The molecule has 1 aromatic carbocycles. The van der Waals surface area contributed by atoms with Crippen LogP contribution in [0.1, 0.15) is 55.8 Å². The quantitative estimate of drug-likeness (QED) is 0.752. The van der Waals surface area contributed by atoms with Crippen LogP contribution >= 0.6 is 0 Å². The standard InChI is InChI=1S/C18H26N2O4S/c1-14(21)15-8-10-16(11-9-15)19-18(22)12-13-20(25(2,23)24)17-6-4-3-5-7-17/h8-11,17H,3-7,12-13H2,1-2H3,(H,19,22). The summed E-state index contributed by atoms with van der Waals surface area (Å²) in [7, 11) is -3.33. The third-order valence-electron chi connectivity index (χ3n) is 4.54. The van der Waals surface area contributed by atoms with Gasteiger partial charge in [0.05, 0.1) is 6.26 Å². The van der Waals surface area contributed by atoms with Crippen molar-refractivity contribution >= 4 is 27.4 Å². The lowest BCUT2D eigenvalue weighted by Gasteiger charge is -2.32. The first-order chi connectivity index (χ1) is 11.8. The van der Waals surface area contributed by atoms with Crippen molar-refractivity contribution in [3.05, 3.63) is 29.8 Å². The van der Waals surface area contributed by atoms with Crippen molar-refractivity contribution in [2.75, 3.05) is 18.1 Å². The molecule has 1 amide bonds. The molecule has 0 spiro atoms. The number of Topliss-reactive ketones (excluding diaryl/α,β-unsaturated/α-hetero) is 1. The zero-order valence-corrected chi connectivity index (χ0v) is 15.6. The molecule has 138 valence electrons. The molecule has 0 bridgehead atoms. The summed E-state index contributed by atoms with van der Waals surface area (Å²) in [6.07, 6.45) is 6.25. The Morgan fingerprint density at radius 3 is 2.24 bits per heavy atom. The lowest BCUT2D eigenvalue weighted by Crippen LogP contribution is -2.42. The smallest absolute Gasteiger partial charge is 0.225 e. The number of carbonyl (C=O) groups excluding carboxylic acids is 2. The van der Waals surface area contributed by atoms with E-state index in [1.54, 1.807) is 24.3 Å². The first kappa shape index (κ1) is 19.6. The van der Waals surface area contributed by atoms with Gasteiger partial charge in [-0.2, -0.15) is 4.31 Å². The summed E-state index contributed by atoms with van der Waals surface area (Å²) >= 11 is 0. The van der Waals surface area contributed by atoms with E-state index >= 15 is 0 Å². The number of benzene rings is 1. The number of hydrogen-bond donors (Lipinski definition) is 1. The molecule has 0 aromatic heterocycles. The van der Waals surface area contributed by atoms with Crippen LogP contribution in [0.2, 0.25) is 0 Å². The van der Waals surface area contributed by atoms with E-state index in [9.17, 15) is 18.0 Å². The molecule has 1 aromatic rings. The zero-order valence-electron chi connectivity index (χ0n) is 14.8. The van der Waals surface area contributed by atoms with Crippen molar-refractivity contribution in [1.29, 1.82) is 0 Å². The number of anilines is 1. The van der Waals surface area contributed by atoms with Gasteiger partial charge in [-0.1, -0.05) is 19.3 Å². The van der Waals surface area contributed by atoms with E-state index in [-0.39, 0.29) is 30.7 Å². The van der Waals surface area contributed by atoms with Crippen LogP contribution in [-0.4, -0.2) is 43.3 Å². The van der Waals surface area contributed by atoms with E-state index in [0.717, 1.165) is 32.1 Å². The number of nitrogens with zero attached hydrogens (tertiary/aromatic N) is 1. The number of sulfonamides is 1. The summed E-state index contributed by atoms with van der Waals surface area (Å²) in [5, 5.41) is 2.75. The Labute approximate surface area is 149 Å². The first-order valence-corrected chi connectivity index (χ1v) is 10.5. The van der Waals surface area contributed by atoms with Gasteiger partial charge in [0.25, 0.3) is 0 Å². The van der Waals surface area contributed by atoms with Crippen molar-refractivity contribution < 1.29 is 18.0 Å². The van der Waals surface area contributed by atoms with Crippen LogP contribution in [-0.2, 0) is 14.8 Å².